The average molecular weight is 243 g/mol. The van der Waals surface area contributed by atoms with Gasteiger partial charge in [-0.15, -0.1) is 0 Å². The van der Waals surface area contributed by atoms with E-state index in [9.17, 15) is 0 Å². The molecule has 0 aliphatic heterocycles. The number of halogens is 1. The summed E-state index contributed by atoms with van der Waals surface area (Å²) >= 11 is 3.42. The summed E-state index contributed by atoms with van der Waals surface area (Å²) in [5.41, 5.74) is 1.31. The fraction of sp³-hybridized carbons (Fsp3) is 0.455. The number of alkyl halides is 1. The number of ether oxygens (including phenoxy) is 1. The summed E-state index contributed by atoms with van der Waals surface area (Å²) in [7, 11) is 0. The molecule has 0 aliphatic carbocycles. The van der Waals surface area contributed by atoms with Crippen LogP contribution in [-0.2, 0) is 6.42 Å². The van der Waals surface area contributed by atoms with Gasteiger partial charge in [-0.05, 0) is 38.0 Å². The first-order chi connectivity index (χ1) is 6.22. The van der Waals surface area contributed by atoms with Crippen molar-refractivity contribution in [1.82, 2.24) is 0 Å². The SMILES string of the molecule is CC(C)Oc1cccc(CCBr)c1. The van der Waals surface area contributed by atoms with Crippen molar-refractivity contribution >= 4 is 15.9 Å². The summed E-state index contributed by atoms with van der Waals surface area (Å²) < 4.78 is 5.59. The topological polar surface area (TPSA) is 9.23 Å². The van der Waals surface area contributed by atoms with Crippen molar-refractivity contribution in [2.24, 2.45) is 0 Å². The fourth-order valence-electron chi connectivity index (χ4n) is 1.16. The van der Waals surface area contributed by atoms with Crippen molar-refractivity contribution in [3.8, 4) is 5.75 Å². The van der Waals surface area contributed by atoms with Crippen molar-refractivity contribution in [1.29, 1.82) is 0 Å². The van der Waals surface area contributed by atoms with Crippen LogP contribution >= 0.6 is 15.9 Å². The van der Waals surface area contributed by atoms with Gasteiger partial charge in [-0.1, -0.05) is 28.1 Å². The Kier molecular flexibility index (Phi) is 4.29. The van der Waals surface area contributed by atoms with Crippen molar-refractivity contribution in [2.75, 3.05) is 5.33 Å². The van der Waals surface area contributed by atoms with Crippen molar-refractivity contribution in [3.05, 3.63) is 29.8 Å². The summed E-state index contributed by atoms with van der Waals surface area (Å²) in [6.07, 6.45) is 1.30. The number of benzene rings is 1. The zero-order valence-electron chi connectivity index (χ0n) is 8.09. The minimum absolute atomic E-state index is 0.249. The van der Waals surface area contributed by atoms with Crippen LogP contribution in [0.4, 0.5) is 0 Å². The summed E-state index contributed by atoms with van der Waals surface area (Å²) in [4.78, 5) is 0. The predicted octanol–water partition coefficient (Wildman–Crippen LogP) is 3.41. The third kappa shape index (κ3) is 3.81. The molecule has 0 fully saturated rings. The molecule has 0 N–H and O–H groups in total. The maximum Gasteiger partial charge on any atom is 0.119 e. The first kappa shape index (κ1) is 10.6. The standard InChI is InChI=1S/C11H15BrO/c1-9(2)13-11-5-3-4-10(8-11)6-7-12/h3-5,8-9H,6-7H2,1-2H3. The van der Waals surface area contributed by atoms with E-state index in [1.807, 2.05) is 26.0 Å². The highest BCUT2D eigenvalue weighted by Crippen LogP contribution is 2.15. The molecule has 0 bridgehead atoms. The number of aryl methyl sites for hydroxylation is 1. The van der Waals surface area contributed by atoms with Gasteiger partial charge < -0.3 is 4.74 Å². The highest BCUT2D eigenvalue weighted by Gasteiger charge is 1.98. The summed E-state index contributed by atoms with van der Waals surface area (Å²) in [5, 5.41) is 0.998. The molecule has 0 amide bonds. The van der Waals surface area contributed by atoms with Crippen LogP contribution in [0.25, 0.3) is 0 Å². The van der Waals surface area contributed by atoms with Crippen LogP contribution < -0.4 is 4.74 Å². The van der Waals surface area contributed by atoms with Crippen LogP contribution in [-0.4, -0.2) is 11.4 Å². The number of hydrogen-bond donors (Lipinski definition) is 0. The molecule has 0 atom stereocenters. The van der Waals surface area contributed by atoms with Crippen LogP contribution in [0.5, 0.6) is 5.75 Å². The zero-order valence-corrected chi connectivity index (χ0v) is 9.67. The Morgan fingerprint density at radius 2 is 2.15 bits per heavy atom. The van der Waals surface area contributed by atoms with Crippen LogP contribution in [0, 0.1) is 0 Å². The smallest absolute Gasteiger partial charge is 0.119 e. The molecular formula is C11H15BrO. The van der Waals surface area contributed by atoms with Gasteiger partial charge in [0.25, 0.3) is 0 Å². The van der Waals surface area contributed by atoms with E-state index in [-0.39, 0.29) is 6.10 Å². The summed E-state index contributed by atoms with van der Waals surface area (Å²) in [5.74, 6) is 0.966. The largest absolute Gasteiger partial charge is 0.491 e. The minimum atomic E-state index is 0.249. The molecule has 0 unspecified atom stereocenters. The first-order valence-electron chi connectivity index (χ1n) is 4.54. The lowest BCUT2D eigenvalue weighted by Crippen LogP contribution is -2.05. The first-order valence-corrected chi connectivity index (χ1v) is 5.66. The molecule has 0 aromatic heterocycles. The van der Waals surface area contributed by atoms with E-state index in [0.717, 1.165) is 17.5 Å². The third-order valence-electron chi connectivity index (χ3n) is 1.65. The van der Waals surface area contributed by atoms with Gasteiger partial charge in [-0.3, -0.25) is 0 Å². The molecule has 1 aromatic carbocycles. The van der Waals surface area contributed by atoms with E-state index in [4.69, 9.17) is 4.74 Å². The lowest BCUT2D eigenvalue weighted by atomic mass is 10.2. The molecule has 0 spiro atoms. The Morgan fingerprint density at radius 1 is 1.38 bits per heavy atom. The fourth-order valence-corrected chi connectivity index (χ4v) is 1.61. The highest BCUT2D eigenvalue weighted by molar-refractivity contribution is 9.09. The van der Waals surface area contributed by atoms with Crippen molar-refractivity contribution in [3.63, 3.8) is 0 Å². The van der Waals surface area contributed by atoms with Crippen LogP contribution in [0.15, 0.2) is 24.3 Å². The Labute approximate surface area is 88.2 Å². The lowest BCUT2D eigenvalue weighted by Gasteiger charge is -2.10. The van der Waals surface area contributed by atoms with Crippen LogP contribution in [0.3, 0.4) is 0 Å². The second-order valence-corrected chi connectivity index (χ2v) is 4.05. The van der Waals surface area contributed by atoms with Gasteiger partial charge in [0, 0.05) is 5.33 Å². The molecule has 72 valence electrons. The zero-order chi connectivity index (χ0) is 9.68. The quantitative estimate of drug-likeness (QED) is 0.736. The van der Waals surface area contributed by atoms with Gasteiger partial charge in [-0.2, -0.15) is 0 Å². The number of hydrogen-bond acceptors (Lipinski definition) is 1. The van der Waals surface area contributed by atoms with E-state index in [1.165, 1.54) is 5.56 Å². The molecule has 0 heterocycles. The molecule has 1 nitrogen and oxygen atoms in total. The van der Waals surface area contributed by atoms with Gasteiger partial charge >= 0.3 is 0 Å². The van der Waals surface area contributed by atoms with E-state index < -0.39 is 0 Å². The molecule has 0 aliphatic rings. The Bertz CT molecular complexity index is 258. The molecule has 0 radical (unpaired) electrons. The molecule has 1 aromatic rings. The van der Waals surface area contributed by atoms with Crippen LogP contribution in [0.2, 0.25) is 0 Å². The van der Waals surface area contributed by atoms with Gasteiger partial charge in [0.2, 0.25) is 0 Å². The molecule has 13 heavy (non-hydrogen) atoms. The van der Waals surface area contributed by atoms with Gasteiger partial charge in [0.15, 0.2) is 0 Å². The van der Waals surface area contributed by atoms with E-state index in [1.54, 1.807) is 0 Å². The van der Waals surface area contributed by atoms with Gasteiger partial charge in [0.1, 0.15) is 5.75 Å². The van der Waals surface area contributed by atoms with Gasteiger partial charge in [0.05, 0.1) is 6.10 Å². The maximum atomic E-state index is 5.59. The van der Waals surface area contributed by atoms with E-state index in [2.05, 4.69) is 28.1 Å². The molecule has 0 saturated carbocycles. The second-order valence-electron chi connectivity index (χ2n) is 3.25. The Morgan fingerprint density at radius 3 is 2.77 bits per heavy atom. The molecule has 2 heteroatoms. The van der Waals surface area contributed by atoms with Gasteiger partial charge in [-0.25, -0.2) is 0 Å². The van der Waals surface area contributed by atoms with E-state index in [0.29, 0.717) is 0 Å². The normalized spacial score (nSPS) is 10.5. The Hall–Kier alpha value is -0.500. The summed E-state index contributed by atoms with van der Waals surface area (Å²) in [6.45, 7) is 4.08. The third-order valence-corrected chi connectivity index (χ3v) is 2.05. The molecular weight excluding hydrogens is 228 g/mol. The highest BCUT2D eigenvalue weighted by atomic mass is 79.9. The second kappa shape index (κ2) is 5.28. The monoisotopic (exact) mass is 242 g/mol. The van der Waals surface area contributed by atoms with Crippen LogP contribution in [0.1, 0.15) is 19.4 Å². The maximum absolute atomic E-state index is 5.59. The average Bonchev–Trinajstić information content (AvgIpc) is 2.04. The minimum Gasteiger partial charge on any atom is -0.491 e. The molecule has 0 saturated heterocycles. The molecule has 1 rings (SSSR count). The summed E-state index contributed by atoms with van der Waals surface area (Å²) in [6, 6.07) is 8.25. The predicted molar refractivity (Wildman–Crippen MR) is 59.7 cm³/mol. The van der Waals surface area contributed by atoms with Crippen molar-refractivity contribution < 1.29 is 4.74 Å². The van der Waals surface area contributed by atoms with E-state index >= 15 is 0 Å². The lowest BCUT2D eigenvalue weighted by molar-refractivity contribution is 0.242. The number of rotatable bonds is 4. The Balaban J connectivity index is 2.67. The van der Waals surface area contributed by atoms with Crippen molar-refractivity contribution in [2.45, 2.75) is 26.4 Å².